The number of sulfonamides is 1. The molecule has 0 bridgehead atoms. The zero-order valence-corrected chi connectivity index (χ0v) is 11.1. The van der Waals surface area contributed by atoms with Crippen molar-refractivity contribution < 1.29 is 12.8 Å². The second kappa shape index (κ2) is 5.06. The van der Waals surface area contributed by atoms with E-state index in [1.807, 2.05) is 6.92 Å². The van der Waals surface area contributed by atoms with Crippen LogP contribution in [0.1, 0.15) is 13.3 Å². The minimum absolute atomic E-state index is 0.156. The van der Waals surface area contributed by atoms with Crippen molar-refractivity contribution in [3.63, 3.8) is 0 Å². The van der Waals surface area contributed by atoms with Crippen molar-refractivity contribution in [2.24, 2.45) is 5.14 Å². The van der Waals surface area contributed by atoms with E-state index in [9.17, 15) is 12.8 Å². The Bertz CT molecular complexity index is 696. The van der Waals surface area contributed by atoms with Gasteiger partial charge in [0.05, 0.1) is 5.56 Å². The van der Waals surface area contributed by atoms with Crippen molar-refractivity contribution in [3.8, 4) is 11.4 Å². The molecular weight excluding hydrogens is 271 g/mol. The van der Waals surface area contributed by atoms with Gasteiger partial charge in [-0.15, -0.1) is 10.2 Å². The van der Waals surface area contributed by atoms with Gasteiger partial charge in [-0.3, -0.25) is 4.57 Å². The molecule has 8 heteroatoms. The van der Waals surface area contributed by atoms with Crippen LogP contribution in [0.3, 0.4) is 0 Å². The van der Waals surface area contributed by atoms with Crippen molar-refractivity contribution >= 4 is 10.0 Å². The predicted molar refractivity (Wildman–Crippen MR) is 67.1 cm³/mol. The standard InChI is InChI=1S/C11H13FN4O2S/c1-2-7-16-10(8-5-3-4-6-9(8)12)14-15-11(16)19(13,17)18/h3-6H,2,7H2,1H3,(H2,13,17,18). The molecule has 0 saturated carbocycles. The maximum atomic E-state index is 13.7. The molecule has 2 N–H and O–H groups in total. The second-order valence-corrected chi connectivity index (χ2v) is 5.44. The number of hydrogen-bond donors (Lipinski definition) is 1. The largest absolute Gasteiger partial charge is 0.297 e. The van der Waals surface area contributed by atoms with Gasteiger partial charge >= 0.3 is 0 Å². The zero-order chi connectivity index (χ0) is 14.0. The first kappa shape index (κ1) is 13.6. The van der Waals surface area contributed by atoms with Crippen LogP contribution in [0.2, 0.25) is 0 Å². The van der Waals surface area contributed by atoms with Crippen molar-refractivity contribution in [1.82, 2.24) is 14.8 Å². The molecule has 102 valence electrons. The van der Waals surface area contributed by atoms with Crippen LogP contribution in [-0.2, 0) is 16.6 Å². The lowest BCUT2D eigenvalue weighted by molar-refractivity contribution is 0.558. The van der Waals surface area contributed by atoms with Gasteiger partial charge in [-0.25, -0.2) is 17.9 Å². The number of nitrogens with two attached hydrogens (primary N) is 1. The Morgan fingerprint density at radius 1 is 1.32 bits per heavy atom. The zero-order valence-electron chi connectivity index (χ0n) is 10.2. The molecule has 0 radical (unpaired) electrons. The summed E-state index contributed by atoms with van der Waals surface area (Å²) in [6.45, 7) is 2.19. The molecule has 2 rings (SSSR count). The molecule has 0 aliphatic rings. The first-order valence-corrected chi connectivity index (χ1v) is 7.20. The smallest absolute Gasteiger partial charge is 0.273 e. The van der Waals surface area contributed by atoms with Crippen molar-refractivity contribution in [3.05, 3.63) is 30.1 Å². The molecule has 0 unspecified atom stereocenters. The summed E-state index contributed by atoms with van der Waals surface area (Å²) in [5.74, 6) is -0.336. The molecule has 0 spiro atoms. The van der Waals surface area contributed by atoms with E-state index in [0.29, 0.717) is 13.0 Å². The quantitative estimate of drug-likeness (QED) is 0.911. The van der Waals surface area contributed by atoms with Crippen LogP contribution in [0.4, 0.5) is 4.39 Å². The molecule has 0 atom stereocenters. The van der Waals surface area contributed by atoms with Crippen LogP contribution >= 0.6 is 0 Å². The Kier molecular flexibility index (Phi) is 3.63. The van der Waals surface area contributed by atoms with Gasteiger partial charge in [-0.2, -0.15) is 0 Å². The summed E-state index contributed by atoms with van der Waals surface area (Å²) in [6.07, 6.45) is 0.641. The second-order valence-electron chi connectivity index (χ2n) is 3.98. The molecule has 0 aliphatic heterocycles. The van der Waals surface area contributed by atoms with E-state index in [1.54, 1.807) is 12.1 Å². The van der Waals surface area contributed by atoms with Gasteiger partial charge in [0.2, 0.25) is 0 Å². The molecule has 0 amide bonds. The maximum Gasteiger partial charge on any atom is 0.273 e. The molecule has 0 aliphatic carbocycles. The van der Waals surface area contributed by atoms with E-state index < -0.39 is 15.8 Å². The average molecular weight is 284 g/mol. The van der Waals surface area contributed by atoms with E-state index in [-0.39, 0.29) is 16.5 Å². The molecular formula is C11H13FN4O2S. The lowest BCUT2D eigenvalue weighted by atomic mass is 10.2. The maximum absolute atomic E-state index is 13.7. The first-order valence-electron chi connectivity index (χ1n) is 5.66. The summed E-state index contributed by atoms with van der Waals surface area (Å²) in [6, 6.07) is 5.97. The first-order chi connectivity index (χ1) is 8.95. The van der Waals surface area contributed by atoms with Crippen LogP contribution < -0.4 is 5.14 Å². The number of halogens is 1. The Morgan fingerprint density at radius 2 is 2.00 bits per heavy atom. The number of benzene rings is 1. The number of rotatable bonds is 4. The molecule has 0 fully saturated rings. The van der Waals surface area contributed by atoms with Crippen molar-refractivity contribution in [2.75, 3.05) is 0 Å². The van der Waals surface area contributed by atoms with Crippen LogP contribution in [-0.4, -0.2) is 23.2 Å². The van der Waals surface area contributed by atoms with Crippen LogP contribution in [0, 0.1) is 5.82 Å². The average Bonchev–Trinajstić information content (AvgIpc) is 2.74. The Labute approximate surface area is 110 Å². The van der Waals surface area contributed by atoms with E-state index in [1.165, 1.54) is 16.7 Å². The van der Waals surface area contributed by atoms with Crippen molar-refractivity contribution in [2.45, 2.75) is 25.0 Å². The summed E-state index contributed by atoms with van der Waals surface area (Å²) in [5, 5.41) is 12.0. The van der Waals surface area contributed by atoms with Crippen LogP contribution in [0.15, 0.2) is 29.4 Å². The number of aromatic nitrogens is 3. The summed E-state index contributed by atoms with van der Waals surface area (Å²) in [7, 11) is -3.99. The van der Waals surface area contributed by atoms with Crippen LogP contribution in [0.25, 0.3) is 11.4 Å². The number of nitrogens with zero attached hydrogens (tertiary/aromatic N) is 3. The van der Waals surface area contributed by atoms with Crippen molar-refractivity contribution in [1.29, 1.82) is 0 Å². The summed E-state index contributed by atoms with van der Waals surface area (Å²) >= 11 is 0. The van der Waals surface area contributed by atoms with E-state index >= 15 is 0 Å². The highest BCUT2D eigenvalue weighted by atomic mass is 32.2. The third kappa shape index (κ3) is 2.64. The molecule has 1 aromatic heterocycles. The number of primary sulfonamides is 1. The lowest BCUT2D eigenvalue weighted by Gasteiger charge is -2.08. The van der Waals surface area contributed by atoms with E-state index in [4.69, 9.17) is 5.14 Å². The molecule has 6 nitrogen and oxygen atoms in total. The minimum Gasteiger partial charge on any atom is -0.297 e. The van der Waals surface area contributed by atoms with Gasteiger partial charge in [0.15, 0.2) is 5.82 Å². The summed E-state index contributed by atoms with van der Waals surface area (Å²) in [4.78, 5) is 0. The fourth-order valence-corrected chi connectivity index (χ4v) is 2.41. The highest BCUT2D eigenvalue weighted by molar-refractivity contribution is 7.89. The van der Waals surface area contributed by atoms with Gasteiger partial charge in [0.25, 0.3) is 15.2 Å². The molecule has 19 heavy (non-hydrogen) atoms. The highest BCUT2D eigenvalue weighted by Gasteiger charge is 2.22. The predicted octanol–water partition coefficient (Wildman–Crippen LogP) is 1.14. The minimum atomic E-state index is -3.99. The molecule has 0 saturated heterocycles. The topological polar surface area (TPSA) is 90.9 Å². The fourth-order valence-electron chi connectivity index (χ4n) is 1.77. The Balaban J connectivity index is 2.66. The van der Waals surface area contributed by atoms with Gasteiger partial charge in [0, 0.05) is 6.54 Å². The van der Waals surface area contributed by atoms with Gasteiger partial charge in [0.1, 0.15) is 5.82 Å². The Morgan fingerprint density at radius 3 is 2.58 bits per heavy atom. The number of hydrogen-bond acceptors (Lipinski definition) is 4. The third-order valence-corrected chi connectivity index (χ3v) is 3.34. The third-order valence-electron chi connectivity index (χ3n) is 2.53. The lowest BCUT2D eigenvalue weighted by Crippen LogP contribution is -2.19. The highest BCUT2D eigenvalue weighted by Crippen LogP contribution is 2.23. The monoisotopic (exact) mass is 284 g/mol. The van der Waals surface area contributed by atoms with Crippen LogP contribution in [0.5, 0.6) is 0 Å². The van der Waals surface area contributed by atoms with E-state index in [0.717, 1.165) is 0 Å². The molecule has 1 aromatic carbocycles. The van der Waals surface area contributed by atoms with Gasteiger partial charge in [-0.05, 0) is 18.6 Å². The molecule has 2 aromatic rings. The fraction of sp³-hybridized carbons (Fsp3) is 0.273. The normalized spacial score (nSPS) is 11.7. The summed E-state index contributed by atoms with van der Waals surface area (Å²) in [5.41, 5.74) is 0.193. The SMILES string of the molecule is CCCn1c(-c2ccccc2F)nnc1S(N)(=O)=O. The Hall–Kier alpha value is -1.80. The summed E-state index contributed by atoms with van der Waals surface area (Å²) < 4.78 is 37.9. The van der Waals surface area contributed by atoms with Gasteiger partial charge in [-0.1, -0.05) is 19.1 Å². The molecule has 1 heterocycles. The van der Waals surface area contributed by atoms with E-state index in [2.05, 4.69) is 10.2 Å². The van der Waals surface area contributed by atoms with Gasteiger partial charge < -0.3 is 0 Å².